The number of hydrogen-bond donors (Lipinski definition) is 1. The van der Waals surface area contributed by atoms with Crippen LogP contribution in [0.1, 0.15) is 27.7 Å². The van der Waals surface area contributed by atoms with Crippen LogP contribution >= 0.6 is 0 Å². The number of aliphatic hydroxyl groups is 1. The first-order chi connectivity index (χ1) is 5.86. The van der Waals surface area contributed by atoms with Gasteiger partial charge >= 0.3 is 5.97 Å². The van der Waals surface area contributed by atoms with Crippen LogP contribution in [0.25, 0.3) is 0 Å². The topological polar surface area (TPSA) is 63.6 Å². The van der Waals surface area contributed by atoms with Crippen LogP contribution in [0.2, 0.25) is 0 Å². The first-order valence-corrected chi connectivity index (χ1v) is 4.28. The van der Waals surface area contributed by atoms with Crippen LogP contribution in [0.5, 0.6) is 0 Å². The van der Waals surface area contributed by atoms with Gasteiger partial charge in [-0.1, -0.05) is 13.8 Å². The third kappa shape index (κ3) is 4.03. The Kier molecular flexibility index (Phi) is 4.62. The predicted octanol–water partition coefficient (Wildman–Crippen LogP) is 0.524. The summed E-state index contributed by atoms with van der Waals surface area (Å²) in [5, 5.41) is 8.80. The highest BCUT2D eigenvalue weighted by Gasteiger charge is 2.22. The van der Waals surface area contributed by atoms with E-state index in [1.807, 2.05) is 0 Å². The molecule has 0 saturated heterocycles. The van der Waals surface area contributed by atoms with Crippen molar-refractivity contribution in [2.24, 2.45) is 5.92 Å². The van der Waals surface area contributed by atoms with E-state index in [0.29, 0.717) is 0 Å². The molecule has 4 nitrogen and oxygen atoms in total. The van der Waals surface area contributed by atoms with Crippen molar-refractivity contribution in [1.29, 1.82) is 0 Å². The van der Waals surface area contributed by atoms with Crippen molar-refractivity contribution in [2.45, 2.75) is 39.9 Å². The SMILES string of the molecule is CC(C)C(=O)C(C)OC(=O)C(C)O. The van der Waals surface area contributed by atoms with E-state index >= 15 is 0 Å². The molecule has 2 atom stereocenters. The molecule has 0 fully saturated rings. The molecule has 0 rings (SSSR count). The van der Waals surface area contributed by atoms with Crippen molar-refractivity contribution in [3.05, 3.63) is 0 Å². The molecule has 0 aromatic rings. The monoisotopic (exact) mass is 188 g/mol. The van der Waals surface area contributed by atoms with Gasteiger partial charge in [0.1, 0.15) is 6.10 Å². The zero-order valence-electron chi connectivity index (χ0n) is 8.40. The van der Waals surface area contributed by atoms with Gasteiger partial charge in [0.2, 0.25) is 0 Å². The van der Waals surface area contributed by atoms with Gasteiger partial charge in [-0.3, -0.25) is 4.79 Å². The minimum atomic E-state index is -1.18. The van der Waals surface area contributed by atoms with Crippen LogP contribution in [0.4, 0.5) is 0 Å². The summed E-state index contributed by atoms with van der Waals surface area (Å²) in [6.07, 6.45) is -1.95. The molecule has 0 heterocycles. The molecule has 13 heavy (non-hydrogen) atoms. The van der Waals surface area contributed by atoms with Gasteiger partial charge in [-0.15, -0.1) is 0 Å². The minimum Gasteiger partial charge on any atom is -0.453 e. The molecule has 0 aromatic heterocycles. The van der Waals surface area contributed by atoms with E-state index in [1.165, 1.54) is 13.8 Å². The van der Waals surface area contributed by atoms with Gasteiger partial charge in [0.25, 0.3) is 0 Å². The van der Waals surface area contributed by atoms with Crippen LogP contribution in [-0.2, 0) is 14.3 Å². The predicted molar refractivity (Wildman–Crippen MR) is 47.1 cm³/mol. The molecule has 76 valence electrons. The molecule has 0 amide bonds. The highest BCUT2D eigenvalue weighted by Crippen LogP contribution is 2.04. The van der Waals surface area contributed by atoms with Crippen molar-refractivity contribution in [1.82, 2.24) is 0 Å². The lowest BCUT2D eigenvalue weighted by atomic mass is 10.1. The molecule has 0 aliphatic rings. The number of carbonyl (C=O) groups excluding carboxylic acids is 2. The maximum atomic E-state index is 11.2. The summed E-state index contributed by atoms with van der Waals surface area (Å²) in [5.74, 6) is -1.08. The van der Waals surface area contributed by atoms with Gasteiger partial charge in [0.15, 0.2) is 11.9 Å². The number of hydrogen-bond acceptors (Lipinski definition) is 4. The van der Waals surface area contributed by atoms with Gasteiger partial charge in [-0.2, -0.15) is 0 Å². The maximum absolute atomic E-state index is 11.2. The van der Waals surface area contributed by atoms with E-state index in [0.717, 1.165) is 0 Å². The van der Waals surface area contributed by atoms with Crippen LogP contribution in [0.15, 0.2) is 0 Å². The summed E-state index contributed by atoms with van der Waals surface area (Å²) in [4.78, 5) is 22.1. The molecular weight excluding hydrogens is 172 g/mol. The quantitative estimate of drug-likeness (QED) is 0.653. The summed E-state index contributed by atoms with van der Waals surface area (Å²) in [7, 11) is 0. The highest BCUT2D eigenvalue weighted by molar-refractivity contribution is 5.87. The summed E-state index contributed by atoms with van der Waals surface area (Å²) in [5.41, 5.74) is 0. The van der Waals surface area contributed by atoms with Gasteiger partial charge in [0.05, 0.1) is 0 Å². The van der Waals surface area contributed by atoms with E-state index in [1.54, 1.807) is 13.8 Å². The maximum Gasteiger partial charge on any atom is 0.335 e. The molecular formula is C9H16O4. The lowest BCUT2D eigenvalue weighted by Gasteiger charge is -2.14. The van der Waals surface area contributed by atoms with Crippen LogP contribution in [0.3, 0.4) is 0 Å². The van der Waals surface area contributed by atoms with Gasteiger partial charge in [0, 0.05) is 5.92 Å². The fourth-order valence-electron chi connectivity index (χ4n) is 0.800. The summed E-state index contributed by atoms with van der Waals surface area (Å²) < 4.78 is 4.70. The number of Topliss-reactive ketones (excluding diaryl/α,β-unsaturated/α-hetero) is 1. The fraction of sp³-hybridized carbons (Fsp3) is 0.778. The third-order valence-corrected chi connectivity index (χ3v) is 1.60. The third-order valence-electron chi connectivity index (χ3n) is 1.60. The Morgan fingerprint density at radius 1 is 1.15 bits per heavy atom. The molecule has 0 radical (unpaired) electrons. The Morgan fingerprint density at radius 3 is 1.92 bits per heavy atom. The summed E-state index contributed by atoms with van der Waals surface area (Å²) in [6, 6.07) is 0. The number of ether oxygens (including phenoxy) is 1. The number of esters is 1. The molecule has 0 aromatic carbocycles. The second-order valence-electron chi connectivity index (χ2n) is 3.31. The Bertz CT molecular complexity index is 196. The second kappa shape index (κ2) is 4.97. The Hall–Kier alpha value is -0.900. The zero-order chi connectivity index (χ0) is 10.6. The molecule has 4 heteroatoms. The zero-order valence-corrected chi connectivity index (χ0v) is 8.40. The van der Waals surface area contributed by atoms with E-state index in [9.17, 15) is 9.59 Å². The number of ketones is 1. The fourth-order valence-corrected chi connectivity index (χ4v) is 0.800. The van der Waals surface area contributed by atoms with Gasteiger partial charge in [-0.25, -0.2) is 4.79 Å². The first-order valence-electron chi connectivity index (χ1n) is 4.28. The molecule has 0 aliphatic heterocycles. The Morgan fingerprint density at radius 2 is 1.62 bits per heavy atom. The Balaban J connectivity index is 4.08. The number of aliphatic hydroxyl groups excluding tert-OH is 1. The van der Waals surface area contributed by atoms with Crippen molar-refractivity contribution in [3.63, 3.8) is 0 Å². The molecule has 0 spiro atoms. The van der Waals surface area contributed by atoms with E-state index in [2.05, 4.69) is 0 Å². The van der Waals surface area contributed by atoms with E-state index in [4.69, 9.17) is 9.84 Å². The van der Waals surface area contributed by atoms with Crippen molar-refractivity contribution in [2.75, 3.05) is 0 Å². The van der Waals surface area contributed by atoms with Gasteiger partial charge < -0.3 is 9.84 Å². The molecule has 0 bridgehead atoms. The molecule has 0 saturated carbocycles. The molecule has 0 aliphatic carbocycles. The normalized spacial score (nSPS) is 15.2. The van der Waals surface area contributed by atoms with Crippen LogP contribution in [-0.4, -0.2) is 29.1 Å². The highest BCUT2D eigenvalue weighted by atomic mass is 16.6. The number of carbonyl (C=O) groups is 2. The van der Waals surface area contributed by atoms with Crippen LogP contribution in [0, 0.1) is 5.92 Å². The van der Waals surface area contributed by atoms with Crippen LogP contribution < -0.4 is 0 Å². The van der Waals surface area contributed by atoms with Crippen molar-refractivity contribution < 1.29 is 19.4 Å². The smallest absolute Gasteiger partial charge is 0.335 e. The lowest BCUT2D eigenvalue weighted by molar-refractivity contribution is -0.162. The summed E-state index contributed by atoms with van der Waals surface area (Å²) in [6.45, 7) is 6.27. The minimum absolute atomic E-state index is 0.144. The lowest BCUT2D eigenvalue weighted by Crippen LogP contribution is -2.31. The average Bonchev–Trinajstić information content (AvgIpc) is 2.02. The molecule has 2 unspecified atom stereocenters. The first kappa shape index (κ1) is 12.1. The van der Waals surface area contributed by atoms with Crippen molar-refractivity contribution in [3.8, 4) is 0 Å². The second-order valence-corrected chi connectivity index (χ2v) is 3.31. The average molecular weight is 188 g/mol. The number of rotatable bonds is 4. The van der Waals surface area contributed by atoms with Gasteiger partial charge in [-0.05, 0) is 13.8 Å². The van der Waals surface area contributed by atoms with Crippen molar-refractivity contribution >= 4 is 11.8 Å². The summed E-state index contributed by atoms with van der Waals surface area (Å²) >= 11 is 0. The standard InChI is InChI=1S/C9H16O4/c1-5(2)8(11)7(4)13-9(12)6(3)10/h5-7,10H,1-4H3. The largest absolute Gasteiger partial charge is 0.453 e. The molecule has 1 N–H and O–H groups in total. The van der Waals surface area contributed by atoms with E-state index < -0.39 is 18.2 Å². The Labute approximate surface area is 77.9 Å². The van der Waals surface area contributed by atoms with E-state index in [-0.39, 0.29) is 11.7 Å².